The molecule has 1 heterocycles. The zero-order valence-corrected chi connectivity index (χ0v) is 12.3. The third-order valence-corrected chi connectivity index (χ3v) is 6.09. The Balaban J connectivity index is 1.47. The van der Waals surface area contributed by atoms with Crippen molar-refractivity contribution in [2.45, 2.75) is 49.3 Å². The van der Waals surface area contributed by atoms with Gasteiger partial charge in [0.25, 0.3) is 0 Å². The van der Waals surface area contributed by atoms with Gasteiger partial charge in [-0.15, -0.1) is 0 Å². The van der Waals surface area contributed by atoms with Gasteiger partial charge in [0.2, 0.25) is 0 Å². The van der Waals surface area contributed by atoms with E-state index in [9.17, 15) is 4.39 Å². The highest BCUT2D eigenvalue weighted by atomic mass is 32.2. The van der Waals surface area contributed by atoms with Gasteiger partial charge in [-0.3, -0.25) is 0 Å². The lowest BCUT2D eigenvalue weighted by Gasteiger charge is -2.38. The van der Waals surface area contributed by atoms with Crippen LogP contribution in [0.2, 0.25) is 0 Å². The van der Waals surface area contributed by atoms with Crippen molar-refractivity contribution < 1.29 is 4.39 Å². The van der Waals surface area contributed by atoms with Crippen LogP contribution in [0.25, 0.3) is 0 Å². The molecule has 1 unspecified atom stereocenters. The first kappa shape index (κ1) is 13.4. The van der Waals surface area contributed by atoms with Crippen LogP contribution in [-0.4, -0.2) is 23.1 Å². The Kier molecular flexibility index (Phi) is 3.86. The van der Waals surface area contributed by atoms with Gasteiger partial charge in [-0.1, -0.05) is 18.2 Å². The van der Waals surface area contributed by atoms with E-state index in [1.165, 1.54) is 18.6 Å². The molecule has 2 fully saturated rings. The fourth-order valence-corrected chi connectivity index (χ4v) is 4.44. The van der Waals surface area contributed by atoms with E-state index in [2.05, 4.69) is 24.0 Å². The van der Waals surface area contributed by atoms with Gasteiger partial charge in [0, 0.05) is 17.3 Å². The van der Waals surface area contributed by atoms with Crippen LogP contribution < -0.4 is 5.32 Å². The summed E-state index contributed by atoms with van der Waals surface area (Å²) in [5, 5.41) is 3.68. The van der Waals surface area contributed by atoms with Gasteiger partial charge in [-0.25, -0.2) is 4.39 Å². The van der Waals surface area contributed by atoms with E-state index in [-0.39, 0.29) is 5.82 Å². The molecule has 19 heavy (non-hydrogen) atoms. The SMILES string of the molecule is CC1(CNC2CC(c3ccccc3F)C2)CCCS1. The Hall–Kier alpha value is -0.540. The van der Waals surface area contributed by atoms with Gasteiger partial charge in [0.15, 0.2) is 0 Å². The first-order valence-corrected chi connectivity index (χ1v) is 8.27. The summed E-state index contributed by atoms with van der Waals surface area (Å²) in [6.45, 7) is 3.47. The molecule has 3 heteroatoms. The maximum Gasteiger partial charge on any atom is 0.126 e. The lowest BCUT2D eigenvalue weighted by molar-refractivity contribution is 0.278. The van der Waals surface area contributed by atoms with E-state index in [0.717, 1.165) is 24.9 Å². The highest BCUT2D eigenvalue weighted by Gasteiger charge is 2.35. The average molecular weight is 279 g/mol. The van der Waals surface area contributed by atoms with Crippen molar-refractivity contribution in [1.82, 2.24) is 5.32 Å². The molecule has 104 valence electrons. The molecule has 2 aliphatic rings. The van der Waals surface area contributed by atoms with Gasteiger partial charge in [-0.05, 0) is 55.9 Å². The lowest BCUT2D eigenvalue weighted by atomic mass is 9.75. The van der Waals surface area contributed by atoms with Crippen LogP contribution in [0, 0.1) is 5.82 Å². The quantitative estimate of drug-likeness (QED) is 0.895. The molecule has 0 bridgehead atoms. The molecule has 3 rings (SSSR count). The van der Waals surface area contributed by atoms with E-state index >= 15 is 0 Å². The maximum atomic E-state index is 13.7. The van der Waals surface area contributed by atoms with Gasteiger partial charge < -0.3 is 5.32 Å². The molecule has 1 aromatic carbocycles. The van der Waals surface area contributed by atoms with Gasteiger partial charge in [0.1, 0.15) is 5.82 Å². The van der Waals surface area contributed by atoms with Gasteiger partial charge in [0.05, 0.1) is 0 Å². The predicted octanol–water partition coefficient (Wildman–Crippen LogP) is 3.95. The molecule has 1 atom stereocenters. The maximum absolute atomic E-state index is 13.7. The topological polar surface area (TPSA) is 12.0 Å². The molecular weight excluding hydrogens is 257 g/mol. The first-order valence-electron chi connectivity index (χ1n) is 7.28. The van der Waals surface area contributed by atoms with Crippen molar-refractivity contribution in [3.05, 3.63) is 35.6 Å². The van der Waals surface area contributed by atoms with Crippen LogP contribution in [0.1, 0.15) is 44.1 Å². The Morgan fingerprint density at radius 3 is 2.84 bits per heavy atom. The normalized spacial score (nSPS) is 34.2. The number of rotatable bonds is 4. The van der Waals surface area contributed by atoms with Crippen LogP contribution in [0.4, 0.5) is 4.39 Å². The lowest BCUT2D eigenvalue weighted by Crippen LogP contribution is -2.45. The fourth-order valence-electron chi connectivity index (χ4n) is 3.18. The summed E-state index contributed by atoms with van der Waals surface area (Å²) in [7, 11) is 0. The standard InChI is InChI=1S/C16H22FNS/c1-16(7-4-8-19-16)11-18-13-9-12(10-13)14-5-2-3-6-15(14)17/h2-3,5-6,12-13,18H,4,7-11H2,1H3. The number of halogens is 1. The molecule has 1 aliphatic heterocycles. The number of thioether (sulfide) groups is 1. The van der Waals surface area contributed by atoms with Gasteiger partial charge in [-0.2, -0.15) is 11.8 Å². The second-order valence-corrected chi connectivity index (χ2v) is 7.85. The summed E-state index contributed by atoms with van der Waals surface area (Å²) in [5.41, 5.74) is 0.905. The predicted molar refractivity (Wildman–Crippen MR) is 80.3 cm³/mol. The third-order valence-electron chi connectivity index (χ3n) is 4.55. The van der Waals surface area contributed by atoms with Crippen LogP contribution >= 0.6 is 11.8 Å². The van der Waals surface area contributed by atoms with E-state index in [1.54, 1.807) is 12.1 Å². The molecule has 1 nitrogen and oxygen atoms in total. The van der Waals surface area contributed by atoms with Crippen LogP contribution in [-0.2, 0) is 0 Å². The summed E-state index contributed by atoms with van der Waals surface area (Å²) in [4.78, 5) is 0. The Morgan fingerprint density at radius 1 is 1.37 bits per heavy atom. The van der Waals surface area contributed by atoms with Gasteiger partial charge >= 0.3 is 0 Å². The van der Waals surface area contributed by atoms with E-state index in [4.69, 9.17) is 0 Å². The molecule has 0 amide bonds. The summed E-state index contributed by atoms with van der Waals surface area (Å²) >= 11 is 2.10. The minimum Gasteiger partial charge on any atom is -0.313 e. The molecular formula is C16H22FNS. The summed E-state index contributed by atoms with van der Waals surface area (Å²) in [6.07, 6.45) is 4.85. The van der Waals surface area contributed by atoms with Crippen molar-refractivity contribution in [1.29, 1.82) is 0 Å². The van der Waals surface area contributed by atoms with E-state index < -0.39 is 0 Å². The average Bonchev–Trinajstić information content (AvgIpc) is 2.77. The monoisotopic (exact) mass is 279 g/mol. The summed E-state index contributed by atoms with van der Waals surface area (Å²) < 4.78 is 14.1. The number of hydrogen-bond donors (Lipinski definition) is 1. The Morgan fingerprint density at radius 2 is 2.16 bits per heavy atom. The third kappa shape index (κ3) is 2.97. The van der Waals surface area contributed by atoms with E-state index in [0.29, 0.717) is 16.7 Å². The second-order valence-electron chi connectivity index (χ2n) is 6.17. The zero-order chi connectivity index (χ0) is 13.3. The van der Waals surface area contributed by atoms with Crippen molar-refractivity contribution in [3.8, 4) is 0 Å². The molecule has 0 spiro atoms. The van der Waals surface area contributed by atoms with Crippen molar-refractivity contribution in [2.75, 3.05) is 12.3 Å². The molecule has 1 saturated heterocycles. The number of nitrogens with one attached hydrogen (secondary N) is 1. The molecule has 1 saturated carbocycles. The molecule has 0 radical (unpaired) electrons. The molecule has 1 aliphatic carbocycles. The summed E-state index contributed by atoms with van der Waals surface area (Å²) in [5.74, 6) is 1.69. The zero-order valence-electron chi connectivity index (χ0n) is 11.5. The van der Waals surface area contributed by atoms with Crippen molar-refractivity contribution in [3.63, 3.8) is 0 Å². The number of benzene rings is 1. The van der Waals surface area contributed by atoms with Crippen molar-refractivity contribution >= 4 is 11.8 Å². The second kappa shape index (κ2) is 5.45. The van der Waals surface area contributed by atoms with Crippen molar-refractivity contribution in [2.24, 2.45) is 0 Å². The first-order chi connectivity index (χ1) is 9.16. The Labute approximate surface area is 119 Å². The van der Waals surface area contributed by atoms with Crippen LogP contribution in [0.3, 0.4) is 0 Å². The van der Waals surface area contributed by atoms with Crippen LogP contribution in [0.15, 0.2) is 24.3 Å². The minimum absolute atomic E-state index is 0.0377. The summed E-state index contributed by atoms with van der Waals surface area (Å²) in [6, 6.07) is 7.81. The highest BCUT2D eigenvalue weighted by molar-refractivity contribution is 8.00. The number of hydrogen-bond acceptors (Lipinski definition) is 2. The molecule has 1 aromatic rings. The largest absolute Gasteiger partial charge is 0.313 e. The molecule has 0 aromatic heterocycles. The minimum atomic E-state index is -0.0377. The van der Waals surface area contributed by atoms with E-state index in [1.807, 2.05) is 12.1 Å². The molecule has 1 N–H and O–H groups in total. The highest BCUT2D eigenvalue weighted by Crippen LogP contribution is 2.40. The fraction of sp³-hybridized carbons (Fsp3) is 0.625. The Bertz CT molecular complexity index is 436. The van der Waals surface area contributed by atoms with Crippen LogP contribution in [0.5, 0.6) is 0 Å². The smallest absolute Gasteiger partial charge is 0.126 e.